The highest BCUT2D eigenvalue weighted by Crippen LogP contribution is 2.29. The lowest BCUT2D eigenvalue weighted by Gasteiger charge is -2.09. The molecule has 2 nitrogen and oxygen atoms in total. The zero-order chi connectivity index (χ0) is 13.8. The lowest BCUT2D eigenvalue weighted by molar-refractivity contribution is -0.0327. The van der Waals surface area contributed by atoms with Crippen LogP contribution in [0.2, 0.25) is 5.02 Å². The van der Waals surface area contributed by atoms with E-state index in [0.717, 1.165) is 0 Å². The second-order valence-corrected chi connectivity index (χ2v) is 5.29. The zero-order valence-corrected chi connectivity index (χ0v) is 11.4. The van der Waals surface area contributed by atoms with E-state index in [2.05, 4.69) is 5.32 Å². The highest BCUT2D eigenvalue weighted by atomic mass is 35.5. The molecule has 0 radical (unpaired) electrons. The molecule has 0 saturated heterocycles. The summed E-state index contributed by atoms with van der Waals surface area (Å²) >= 11 is 10.6. The predicted octanol–water partition coefficient (Wildman–Crippen LogP) is 3.64. The highest BCUT2D eigenvalue weighted by molar-refractivity contribution is 8.00. The van der Waals surface area contributed by atoms with Crippen LogP contribution in [0, 0.1) is 0 Å². The first-order chi connectivity index (χ1) is 8.29. The van der Waals surface area contributed by atoms with Gasteiger partial charge in [-0.2, -0.15) is 13.2 Å². The van der Waals surface area contributed by atoms with Crippen LogP contribution in [-0.2, 0) is 0 Å². The van der Waals surface area contributed by atoms with Gasteiger partial charge < -0.3 is 11.1 Å². The van der Waals surface area contributed by atoms with Gasteiger partial charge in [0.05, 0.1) is 5.02 Å². The maximum atomic E-state index is 11.9. The van der Waals surface area contributed by atoms with Gasteiger partial charge in [-0.25, -0.2) is 0 Å². The maximum Gasteiger partial charge on any atom is 0.441 e. The molecular weight excluding hydrogens is 305 g/mol. The lowest BCUT2D eigenvalue weighted by Crippen LogP contribution is -2.11. The summed E-state index contributed by atoms with van der Waals surface area (Å²) in [5.74, 6) is -0.0713. The molecule has 1 aromatic carbocycles. The Kier molecular flexibility index (Phi) is 5.55. The quantitative estimate of drug-likeness (QED) is 0.643. The Morgan fingerprint density at radius 1 is 1.44 bits per heavy atom. The molecule has 0 fully saturated rings. The van der Waals surface area contributed by atoms with Crippen LogP contribution >= 0.6 is 35.6 Å². The number of hydrogen-bond acceptors (Lipinski definition) is 3. The number of hydrogen-bond donors (Lipinski definition) is 2. The third kappa shape index (κ3) is 5.32. The number of benzene rings is 1. The molecule has 0 atom stereocenters. The van der Waals surface area contributed by atoms with Crippen LogP contribution in [0.15, 0.2) is 18.2 Å². The number of nitrogens with one attached hydrogen (secondary N) is 1. The van der Waals surface area contributed by atoms with Gasteiger partial charge in [-0.05, 0) is 30.0 Å². The minimum atomic E-state index is -4.20. The lowest BCUT2D eigenvalue weighted by atomic mass is 10.2. The molecule has 0 aliphatic rings. The van der Waals surface area contributed by atoms with Crippen molar-refractivity contribution in [1.82, 2.24) is 0 Å². The summed E-state index contributed by atoms with van der Waals surface area (Å²) < 4.78 is 35.6. The normalized spacial score (nSPS) is 11.3. The summed E-state index contributed by atoms with van der Waals surface area (Å²) in [7, 11) is 0. The Hall–Kier alpha value is -0.660. The van der Waals surface area contributed by atoms with Gasteiger partial charge in [0.2, 0.25) is 0 Å². The van der Waals surface area contributed by atoms with E-state index in [9.17, 15) is 13.2 Å². The van der Waals surface area contributed by atoms with Gasteiger partial charge in [-0.3, -0.25) is 0 Å². The van der Waals surface area contributed by atoms with E-state index in [1.165, 1.54) is 0 Å². The van der Waals surface area contributed by atoms with Crippen molar-refractivity contribution in [3.05, 3.63) is 28.8 Å². The van der Waals surface area contributed by atoms with Crippen LogP contribution in [0.5, 0.6) is 0 Å². The average molecular weight is 315 g/mol. The van der Waals surface area contributed by atoms with Gasteiger partial charge >= 0.3 is 5.51 Å². The van der Waals surface area contributed by atoms with Crippen LogP contribution < -0.4 is 11.1 Å². The molecule has 1 aromatic rings. The second kappa shape index (κ2) is 6.49. The molecule has 0 unspecified atom stereocenters. The maximum absolute atomic E-state index is 11.9. The van der Waals surface area contributed by atoms with Crippen molar-refractivity contribution < 1.29 is 13.2 Å². The zero-order valence-electron chi connectivity index (χ0n) is 9.05. The average Bonchev–Trinajstić information content (AvgIpc) is 2.22. The first-order valence-electron chi connectivity index (χ1n) is 4.83. The van der Waals surface area contributed by atoms with E-state index in [-0.39, 0.29) is 29.0 Å². The van der Waals surface area contributed by atoms with E-state index in [0.29, 0.717) is 16.3 Å². The molecule has 0 spiro atoms. The Morgan fingerprint density at radius 2 is 2.11 bits per heavy atom. The molecule has 0 aliphatic heterocycles. The molecule has 0 aromatic heterocycles. The van der Waals surface area contributed by atoms with E-state index in [4.69, 9.17) is 29.6 Å². The van der Waals surface area contributed by atoms with Crippen LogP contribution in [0.3, 0.4) is 0 Å². The molecule has 0 amide bonds. The summed E-state index contributed by atoms with van der Waals surface area (Å²) in [4.78, 5) is 0.180. The largest absolute Gasteiger partial charge is 0.441 e. The van der Waals surface area contributed by atoms with E-state index >= 15 is 0 Å². The molecular formula is C10H10ClF3N2S2. The number of anilines is 1. The minimum absolute atomic E-state index is 0.0712. The van der Waals surface area contributed by atoms with Crippen LogP contribution in [-0.4, -0.2) is 22.8 Å². The fourth-order valence-electron chi connectivity index (χ4n) is 1.19. The van der Waals surface area contributed by atoms with Crippen molar-refractivity contribution in [2.75, 3.05) is 17.6 Å². The van der Waals surface area contributed by atoms with Gasteiger partial charge in [-0.15, -0.1) is 0 Å². The molecule has 100 valence electrons. The second-order valence-electron chi connectivity index (χ2n) is 3.28. The number of thioether (sulfide) groups is 1. The van der Waals surface area contributed by atoms with Crippen molar-refractivity contribution in [1.29, 1.82) is 0 Å². The summed E-state index contributed by atoms with van der Waals surface area (Å²) in [6.07, 6.45) is 0. The number of alkyl halides is 3. The van der Waals surface area contributed by atoms with Crippen molar-refractivity contribution in [2.45, 2.75) is 5.51 Å². The van der Waals surface area contributed by atoms with Crippen LogP contribution in [0.4, 0.5) is 18.9 Å². The third-order valence-corrected chi connectivity index (χ3v) is 3.20. The fourth-order valence-corrected chi connectivity index (χ4v) is 2.14. The third-order valence-electron chi connectivity index (χ3n) is 1.93. The SMILES string of the molecule is NC(=S)c1ccc(NCCSC(F)(F)F)cc1Cl. The summed E-state index contributed by atoms with van der Waals surface area (Å²) in [5, 5.41) is 3.21. The van der Waals surface area contributed by atoms with E-state index in [1.54, 1.807) is 18.2 Å². The number of halogens is 4. The molecule has 0 aliphatic carbocycles. The fraction of sp³-hybridized carbons (Fsp3) is 0.300. The van der Waals surface area contributed by atoms with Crippen molar-refractivity contribution >= 4 is 46.3 Å². The van der Waals surface area contributed by atoms with Crippen molar-refractivity contribution in [3.8, 4) is 0 Å². The number of nitrogens with two attached hydrogens (primary N) is 1. The Balaban J connectivity index is 2.49. The highest BCUT2D eigenvalue weighted by Gasteiger charge is 2.27. The van der Waals surface area contributed by atoms with Crippen molar-refractivity contribution in [3.63, 3.8) is 0 Å². The van der Waals surface area contributed by atoms with Gasteiger partial charge in [0.1, 0.15) is 4.99 Å². The smallest absolute Gasteiger partial charge is 0.389 e. The molecule has 18 heavy (non-hydrogen) atoms. The topological polar surface area (TPSA) is 38.0 Å². The molecule has 8 heteroatoms. The Labute approximate surface area is 117 Å². The molecule has 3 N–H and O–H groups in total. The number of thiocarbonyl (C=S) groups is 1. The monoisotopic (exact) mass is 314 g/mol. The Bertz CT molecular complexity index is 438. The van der Waals surface area contributed by atoms with Crippen LogP contribution in [0.1, 0.15) is 5.56 Å². The minimum Gasteiger partial charge on any atom is -0.389 e. The Morgan fingerprint density at radius 3 is 2.61 bits per heavy atom. The molecule has 0 saturated carbocycles. The van der Waals surface area contributed by atoms with Crippen molar-refractivity contribution in [2.24, 2.45) is 5.73 Å². The molecule has 0 bridgehead atoms. The first kappa shape index (κ1) is 15.4. The van der Waals surface area contributed by atoms with Gasteiger partial charge in [0, 0.05) is 23.5 Å². The summed E-state index contributed by atoms with van der Waals surface area (Å²) in [6, 6.07) is 4.87. The van der Waals surface area contributed by atoms with Gasteiger partial charge in [-0.1, -0.05) is 23.8 Å². The standard InChI is InChI=1S/C10H10ClF3N2S2/c11-8-5-6(1-2-7(8)9(15)17)16-3-4-18-10(12,13)14/h1-2,5,16H,3-4H2,(H2,15,17). The number of rotatable bonds is 5. The molecule has 1 rings (SSSR count). The first-order valence-corrected chi connectivity index (χ1v) is 6.60. The summed E-state index contributed by atoms with van der Waals surface area (Å²) in [6.45, 7) is 0.187. The van der Waals surface area contributed by atoms with Crippen LogP contribution in [0.25, 0.3) is 0 Å². The van der Waals surface area contributed by atoms with E-state index < -0.39 is 5.51 Å². The predicted molar refractivity (Wildman–Crippen MR) is 74.3 cm³/mol. The van der Waals surface area contributed by atoms with Gasteiger partial charge in [0.15, 0.2) is 0 Å². The molecule has 0 heterocycles. The summed E-state index contributed by atoms with van der Waals surface area (Å²) in [5.41, 5.74) is 2.40. The van der Waals surface area contributed by atoms with Gasteiger partial charge in [0.25, 0.3) is 0 Å². The van der Waals surface area contributed by atoms with E-state index in [1.807, 2.05) is 0 Å².